The Morgan fingerprint density at radius 3 is 3.00 bits per heavy atom. The van der Waals surface area contributed by atoms with E-state index in [4.69, 9.17) is 21.1 Å². The van der Waals surface area contributed by atoms with Gasteiger partial charge < -0.3 is 19.9 Å². The minimum atomic E-state index is 0.0953. The quantitative estimate of drug-likeness (QED) is 0.810. The van der Waals surface area contributed by atoms with Crippen LogP contribution in [0.15, 0.2) is 6.07 Å². The number of ether oxygens (including phenoxy) is 2. The monoisotopic (exact) mass is 255 g/mol. The van der Waals surface area contributed by atoms with Gasteiger partial charge in [-0.15, -0.1) is 0 Å². The molecule has 1 saturated heterocycles. The number of phenolic OH excluding ortho intramolecular Hbond substituents is 1. The van der Waals surface area contributed by atoms with E-state index in [1.54, 1.807) is 6.07 Å². The summed E-state index contributed by atoms with van der Waals surface area (Å²) in [5.74, 6) is 1.36. The third-order valence-electron chi connectivity index (χ3n) is 3.28. The van der Waals surface area contributed by atoms with E-state index in [2.05, 4.69) is 5.32 Å². The van der Waals surface area contributed by atoms with E-state index < -0.39 is 0 Å². The zero-order chi connectivity index (χ0) is 11.8. The number of piperidine rings is 1. The maximum Gasteiger partial charge on any atom is 0.231 e. The molecule has 0 radical (unpaired) electrons. The van der Waals surface area contributed by atoms with Crippen LogP contribution < -0.4 is 14.8 Å². The molecular formula is C12H14ClNO3. The molecule has 0 amide bonds. The average Bonchev–Trinajstić information content (AvgIpc) is 2.79. The van der Waals surface area contributed by atoms with Crippen molar-refractivity contribution in [3.8, 4) is 17.2 Å². The van der Waals surface area contributed by atoms with Crippen molar-refractivity contribution in [1.82, 2.24) is 5.32 Å². The highest BCUT2D eigenvalue weighted by Gasteiger charge is 2.29. The van der Waals surface area contributed by atoms with Crippen LogP contribution in [0, 0.1) is 0 Å². The summed E-state index contributed by atoms with van der Waals surface area (Å²) in [6.07, 6.45) is 3.28. The number of rotatable bonds is 1. The van der Waals surface area contributed by atoms with E-state index in [-0.39, 0.29) is 18.6 Å². The van der Waals surface area contributed by atoms with Crippen LogP contribution in [0.1, 0.15) is 30.9 Å². The van der Waals surface area contributed by atoms with E-state index in [0.717, 1.165) is 31.4 Å². The summed E-state index contributed by atoms with van der Waals surface area (Å²) < 4.78 is 10.8. The molecule has 92 valence electrons. The fourth-order valence-electron chi connectivity index (χ4n) is 2.45. The summed E-state index contributed by atoms with van der Waals surface area (Å²) in [4.78, 5) is 0. The van der Waals surface area contributed by atoms with Gasteiger partial charge in [-0.05, 0) is 19.4 Å². The van der Waals surface area contributed by atoms with Crippen LogP contribution in [0.3, 0.4) is 0 Å². The van der Waals surface area contributed by atoms with Crippen LogP contribution in [0.25, 0.3) is 0 Å². The number of nitrogens with one attached hydrogen (secondary N) is 1. The van der Waals surface area contributed by atoms with Crippen LogP contribution in [0.4, 0.5) is 0 Å². The average molecular weight is 256 g/mol. The van der Waals surface area contributed by atoms with Crippen molar-refractivity contribution in [3.63, 3.8) is 0 Å². The van der Waals surface area contributed by atoms with Gasteiger partial charge in [0, 0.05) is 12.1 Å². The zero-order valence-corrected chi connectivity index (χ0v) is 10.1. The number of hydrogen-bond acceptors (Lipinski definition) is 4. The number of phenols is 1. The van der Waals surface area contributed by atoms with E-state index in [1.165, 1.54) is 0 Å². The van der Waals surface area contributed by atoms with Crippen LogP contribution >= 0.6 is 11.6 Å². The molecule has 1 unspecified atom stereocenters. The highest BCUT2D eigenvalue weighted by atomic mass is 35.5. The zero-order valence-electron chi connectivity index (χ0n) is 9.33. The Labute approximate surface area is 104 Å². The van der Waals surface area contributed by atoms with Gasteiger partial charge in [0.25, 0.3) is 0 Å². The Kier molecular flexibility index (Phi) is 2.76. The summed E-state index contributed by atoms with van der Waals surface area (Å²) in [6, 6.07) is 1.70. The second kappa shape index (κ2) is 4.27. The molecule has 4 nitrogen and oxygen atoms in total. The highest BCUT2D eigenvalue weighted by Crippen LogP contribution is 2.48. The fourth-order valence-corrected chi connectivity index (χ4v) is 2.65. The van der Waals surface area contributed by atoms with Crippen LogP contribution in [-0.4, -0.2) is 18.4 Å². The maximum absolute atomic E-state index is 10.1. The molecule has 1 fully saturated rings. The number of fused-ring (bicyclic) bond motifs is 1. The molecule has 0 aliphatic carbocycles. The van der Waals surface area contributed by atoms with Gasteiger partial charge in [-0.2, -0.15) is 0 Å². The molecule has 0 spiro atoms. The predicted molar refractivity (Wildman–Crippen MR) is 63.8 cm³/mol. The van der Waals surface area contributed by atoms with Crippen LogP contribution in [0.5, 0.6) is 17.2 Å². The number of halogens is 1. The first-order valence-electron chi connectivity index (χ1n) is 5.81. The first kappa shape index (κ1) is 11.0. The highest BCUT2D eigenvalue weighted by molar-refractivity contribution is 6.32. The van der Waals surface area contributed by atoms with Gasteiger partial charge in [0.1, 0.15) is 5.75 Å². The van der Waals surface area contributed by atoms with Crippen molar-refractivity contribution in [2.24, 2.45) is 0 Å². The van der Waals surface area contributed by atoms with E-state index in [1.807, 2.05) is 0 Å². The van der Waals surface area contributed by atoms with Crippen molar-refractivity contribution in [1.29, 1.82) is 0 Å². The standard InChI is InChI=1S/C12H14ClNO3/c13-7-5-9-12(17-6-16-9)10(11(7)15)8-3-1-2-4-14-8/h5,8,14-15H,1-4,6H2. The van der Waals surface area contributed by atoms with E-state index in [0.29, 0.717) is 16.5 Å². The second-order valence-corrected chi connectivity index (χ2v) is 4.76. The minimum absolute atomic E-state index is 0.0953. The lowest BCUT2D eigenvalue weighted by atomic mass is 9.95. The van der Waals surface area contributed by atoms with Gasteiger partial charge in [-0.1, -0.05) is 18.0 Å². The third kappa shape index (κ3) is 1.81. The van der Waals surface area contributed by atoms with Gasteiger partial charge in [-0.3, -0.25) is 0 Å². The van der Waals surface area contributed by atoms with Crippen LogP contribution in [0.2, 0.25) is 5.02 Å². The van der Waals surface area contributed by atoms with Crippen molar-refractivity contribution >= 4 is 11.6 Å². The van der Waals surface area contributed by atoms with Gasteiger partial charge in [0.05, 0.1) is 10.6 Å². The molecule has 2 N–H and O–H groups in total. The Bertz CT molecular complexity index is 444. The number of aromatic hydroxyl groups is 1. The lowest BCUT2D eigenvalue weighted by Crippen LogP contribution is -2.27. The lowest BCUT2D eigenvalue weighted by Gasteiger charge is -2.25. The van der Waals surface area contributed by atoms with E-state index in [9.17, 15) is 5.11 Å². The summed E-state index contributed by atoms with van der Waals surface area (Å²) >= 11 is 6.00. The molecular weight excluding hydrogens is 242 g/mol. The predicted octanol–water partition coefficient (Wildman–Crippen LogP) is 2.59. The summed E-state index contributed by atoms with van der Waals surface area (Å²) in [5, 5.41) is 13.8. The number of hydrogen-bond donors (Lipinski definition) is 2. The maximum atomic E-state index is 10.1. The second-order valence-electron chi connectivity index (χ2n) is 4.36. The smallest absolute Gasteiger partial charge is 0.231 e. The lowest BCUT2D eigenvalue weighted by molar-refractivity contribution is 0.172. The largest absolute Gasteiger partial charge is 0.506 e. The Morgan fingerprint density at radius 2 is 2.24 bits per heavy atom. The van der Waals surface area contributed by atoms with Crippen molar-refractivity contribution in [3.05, 3.63) is 16.7 Å². The summed E-state index contributed by atoms with van der Waals surface area (Å²) in [6.45, 7) is 1.14. The van der Waals surface area contributed by atoms with Crippen molar-refractivity contribution in [2.75, 3.05) is 13.3 Å². The number of benzene rings is 1. The normalized spacial score (nSPS) is 22.8. The third-order valence-corrected chi connectivity index (χ3v) is 3.57. The molecule has 0 bridgehead atoms. The molecule has 3 rings (SSSR count). The van der Waals surface area contributed by atoms with Crippen LogP contribution in [-0.2, 0) is 0 Å². The van der Waals surface area contributed by atoms with Gasteiger partial charge in [-0.25, -0.2) is 0 Å². The molecule has 2 aliphatic heterocycles. The van der Waals surface area contributed by atoms with E-state index >= 15 is 0 Å². The van der Waals surface area contributed by atoms with Crippen molar-refractivity contribution in [2.45, 2.75) is 25.3 Å². The molecule has 5 heteroatoms. The molecule has 1 aromatic rings. The molecule has 17 heavy (non-hydrogen) atoms. The molecule has 1 atom stereocenters. The minimum Gasteiger partial charge on any atom is -0.506 e. The summed E-state index contributed by atoms with van der Waals surface area (Å²) in [7, 11) is 0. The first-order chi connectivity index (χ1) is 8.27. The SMILES string of the molecule is Oc1c(Cl)cc2c(c1C1CCCCN1)OCO2. The first-order valence-corrected chi connectivity index (χ1v) is 6.19. The van der Waals surface area contributed by atoms with Crippen molar-refractivity contribution < 1.29 is 14.6 Å². The molecule has 2 heterocycles. The Hall–Kier alpha value is -1.13. The summed E-state index contributed by atoms with van der Waals surface area (Å²) in [5.41, 5.74) is 0.740. The van der Waals surface area contributed by atoms with Gasteiger partial charge >= 0.3 is 0 Å². The Balaban J connectivity index is 2.07. The molecule has 0 saturated carbocycles. The molecule has 1 aromatic carbocycles. The topological polar surface area (TPSA) is 50.7 Å². The van der Waals surface area contributed by atoms with Gasteiger partial charge in [0.2, 0.25) is 6.79 Å². The molecule has 2 aliphatic rings. The molecule has 0 aromatic heterocycles. The Morgan fingerprint density at radius 1 is 1.35 bits per heavy atom. The van der Waals surface area contributed by atoms with Gasteiger partial charge in [0.15, 0.2) is 11.5 Å². The fraction of sp³-hybridized carbons (Fsp3) is 0.500.